The summed E-state index contributed by atoms with van der Waals surface area (Å²) in [5.41, 5.74) is 10.8. The molecule has 0 unspecified atom stereocenters. The second-order valence-corrected chi connectivity index (χ2v) is 17.3. The van der Waals surface area contributed by atoms with Gasteiger partial charge in [-0.2, -0.15) is 0 Å². The van der Waals surface area contributed by atoms with Crippen LogP contribution in [-0.2, 0) is 0 Å². The molecule has 0 N–H and O–H groups in total. The molecule has 0 saturated carbocycles. The van der Waals surface area contributed by atoms with Crippen molar-refractivity contribution in [1.82, 2.24) is 15.0 Å². The van der Waals surface area contributed by atoms with Gasteiger partial charge < -0.3 is 8.83 Å². The first-order valence-electron chi connectivity index (χ1n) is 21.1. The van der Waals surface area contributed by atoms with Crippen LogP contribution < -0.4 is 0 Å². The van der Waals surface area contributed by atoms with Crippen molar-refractivity contribution in [2.24, 2.45) is 0 Å². The summed E-state index contributed by atoms with van der Waals surface area (Å²) in [7, 11) is 0. The van der Waals surface area contributed by atoms with E-state index in [1.165, 1.54) is 53.4 Å². The molecule has 0 amide bonds. The van der Waals surface area contributed by atoms with Gasteiger partial charge in [0, 0.05) is 58.4 Å². The first-order chi connectivity index (χ1) is 31.2. The molecule has 0 fully saturated rings. The van der Waals surface area contributed by atoms with Gasteiger partial charge in [-0.1, -0.05) is 133 Å². The maximum absolute atomic E-state index is 6.54. The smallest absolute Gasteiger partial charge is 0.165 e. The zero-order chi connectivity index (χ0) is 41.2. The minimum Gasteiger partial charge on any atom is -0.456 e. The number of fused-ring (bicyclic) bond motifs is 9. The van der Waals surface area contributed by atoms with E-state index >= 15 is 0 Å². The van der Waals surface area contributed by atoms with E-state index in [-0.39, 0.29) is 0 Å². The van der Waals surface area contributed by atoms with Crippen molar-refractivity contribution in [3.63, 3.8) is 0 Å². The fourth-order valence-electron chi connectivity index (χ4n) is 9.72. The highest BCUT2D eigenvalue weighted by Gasteiger charge is 2.21. The second-order valence-electron chi connectivity index (χ2n) is 16.3. The average Bonchev–Trinajstić information content (AvgIpc) is 4.05. The predicted molar refractivity (Wildman–Crippen MR) is 261 cm³/mol. The van der Waals surface area contributed by atoms with Gasteiger partial charge in [0.25, 0.3) is 0 Å². The molecule has 5 nitrogen and oxygen atoms in total. The Bertz CT molecular complexity index is 4140. The number of aromatic nitrogens is 3. The fraction of sp³-hybridized carbons (Fsp3) is 0. The molecule has 0 bridgehead atoms. The highest BCUT2D eigenvalue weighted by molar-refractivity contribution is 7.26. The normalized spacial score (nSPS) is 12.1. The van der Waals surface area contributed by atoms with Crippen LogP contribution >= 0.6 is 11.3 Å². The third-order valence-electron chi connectivity index (χ3n) is 12.7. The summed E-state index contributed by atoms with van der Waals surface area (Å²) in [6, 6.07) is 66.2. The van der Waals surface area contributed by atoms with E-state index in [2.05, 4.69) is 164 Å². The molecule has 10 aromatic carbocycles. The van der Waals surface area contributed by atoms with Gasteiger partial charge in [-0.3, -0.25) is 0 Å². The summed E-state index contributed by atoms with van der Waals surface area (Å²) in [5.74, 6) is 1.83. The average molecular weight is 822 g/mol. The summed E-state index contributed by atoms with van der Waals surface area (Å²) in [5, 5.41) is 11.7. The molecular formula is C57H31N3O2S. The summed E-state index contributed by atoms with van der Waals surface area (Å²) in [6.45, 7) is 0. The highest BCUT2D eigenvalue weighted by atomic mass is 32.1. The van der Waals surface area contributed by atoms with Crippen LogP contribution in [0.3, 0.4) is 0 Å². The van der Waals surface area contributed by atoms with Crippen LogP contribution in [0, 0.1) is 0 Å². The molecule has 0 aliphatic heterocycles. The van der Waals surface area contributed by atoms with E-state index in [9.17, 15) is 0 Å². The van der Waals surface area contributed by atoms with Crippen molar-refractivity contribution in [2.75, 3.05) is 0 Å². The summed E-state index contributed by atoms with van der Waals surface area (Å²) in [4.78, 5) is 15.6. The van der Waals surface area contributed by atoms with E-state index < -0.39 is 0 Å². The maximum Gasteiger partial charge on any atom is 0.165 e. The lowest BCUT2D eigenvalue weighted by molar-refractivity contribution is 0.669. The first kappa shape index (κ1) is 34.5. The SMILES string of the molecule is c1ccc(-c2cc3oc4cccc5c6cc(-c7ccc(-c8nc(-c9ccc%10c(c9)oc9ccccc9%10)nc(-c9cccc%10c9sc9ccccc9%10)n8)cc7)ccc6c(c2)c3c45)cc1. The number of rotatable bonds is 5. The number of benzene rings is 10. The quantitative estimate of drug-likeness (QED) is 0.162. The lowest BCUT2D eigenvalue weighted by Gasteiger charge is -2.12. The number of hydrogen-bond donors (Lipinski definition) is 0. The van der Waals surface area contributed by atoms with Crippen molar-refractivity contribution < 1.29 is 8.83 Å². The van der Waals surface area contributed by atoms with Crippen molar-refractivity contribution >= 4 is 96.9 Å². The van der Waals surface area contributed by atoms with Crippen LogP contribution in [0.25, 0.3) is 142 Å². The Morgan fingerprint density at radius 3 is 1.79 bits per heavy atom. The minimum absolute atomic E-state index is 0.590. The van der Waals surface area contributed by atoms with E-state index in [1.54, 1.807) is 11.3 Å². The van der Waals surface area contributed by atoms with Gasteiger partial charge in [-0.05, 0) is 98.4 Å². The van der Waals surface area contributed by atoms with Gasteiger partial charge in [0.2, 0.25) is 0 Å². The van der Waals surface area contributed by atoms with Crippen molar-refractivity contribution in [2.45, 2.75) is 0 Å². The number of thiophene rings is 1. The van der Waals surface area contributed by atoms with Crippen LogP contribution in [0.4, 0.5) is 0 Å². The first-order valence-corrected chi connectivity index (χ1v) is 21.9. The molecule has 4 heterocycles. The van der Waals surface area contributed by atoms with E-state index in [0.717, 1.165) is 71.2 Å². The lowest BCUT2D eigenvalue weighted by atomic mass is 9.90. The topological polar surface area (TPSA) is 65.0 Å². The standard InChI is InChI=1S/C57H31N3O2S/c1-2-10-32(11-3-1)37-29-46-38-26-24-35(28-45(38)42-14-9-18-48-52(42)53(46)50(31-37)62-48)33-20-22-34(23-21-33)55-58-56(36-25-27-40-39-12-4-6-17-47(39)61-49(40)30-36)60-57(59-55)44-16-8-15-43-41-13-5-7-19-51(41)63-54(43)44/h1-31H. The Morgan fingerprint density at radius 1 is 0.302 bits per heavy atom. The van der Waals surface area contributed by atoms with Gasteiger partial charge in [0.1, 0.15) is 22.3 Å². The molecule has 14 rings (SSSR count). The molecule has 0 aliphatic carbocycles. The summed E-state index contributed by atoms with van der Waals surface area (Å²) in [6.07, 6.45) is 0. The van der Waals surface area contributed by atoms with Gasteiger partial charge >= 0.3 is 0 Å². The van der Waals surface area contributed by atoms with Gasteiger partial charge in [-0.15, -0.1) is 11.3 Å². The van der Waals surface area contributed by atoms with Crippen LogP contribution in [-0.4, -0.2) is 15.0 Å². The van der Waals surface area contributed by atoms with Crippen molar-refractivity contribution in [1.29, 1.82) is 0 Å². The van der Waals surface area contributed by atoms with E-state index in [0.29, 0.717) is 17.5 Å². The molecular weight excluding hydrogens is 791 g/mol. The Labute approximate surface area is 363 Å². The van der Waals surface area contributed by atoms with E-state index in [4.69, 9.17) is 23.8 Å². The molecule has 4 aromatic heterocycles. The summed E-state index contributed by atoms with van der Waals surface area (Å²) >= 11 is 1.77. The van der Waals surface area contributed by atoms with Crippen LogP contribution in [0.15, 0.2) is 197 Å². The van der Waals surface area contributed by atoms with Crippen LogP contribution in [0.5, 0.6) is 0 Å². The minimum atomic E-state index is 0.590. The third-order valence-corrected chi connectivity index (χ3v) is 13.9. The predicted octanol–water partition coefficient (Wildman–Crippen LogP) is 16.1. The molecule has 14 aromatic rings. The molecule has 0 aliphatic rings. The monoisotopic (exact) mass is 821 g/mol. The number of furan rings is 2. The third kappa shape index (κ3) is 5.25. The number of para-hydroxylation sites is 1. The molecule has 63 heavy (non-hydrogen) atoms. The molecule has 6 heteroatoms. The lowest BCUT2D eigenvalue weighted by Crippen LogP contribution is -2.00. The fourth-order valence-corrected chi connectivity index (χ4v) is 10.9. The van der Waals surface area contributed by atoms with Crippen LogP contribution in [0.1, 0.15) is 0 Å². The largest absolute Gasteiger partial charge is 0.456 e. The van der Waals surface area contributed by atoms with Gasteiger partial charge in [-0.25, -0.2) is 15.0 Å². The van der Waals surface area contributed by atoms with Gasteiger partial charge in [0.05, 0.1) is 0 Å². The zero-order valence-electron chi connectivity index (χ0n) is 33.5. The highest BCUT2D eigenvalue weighted by Crippen LogP contribution is 2.46. The van der Waals surface area contributed by atoms with Crippen LogP contribution in [0.2, 0.25) is 0 Å². The maximum atomic E-state index is 6.54. The molecule has 0 spiro atoms. The van der Waals surface area contributed by atoms with Crippen molar-refractivity contribution in [3.05, 3.63) is 188 Å². The second kappa shape index (κ2) is 13.2. The molecule has 0 saturated heterocycles. The zero-order valence-corrected chi connectivity index (χ0v) is 34.3. The Balaban J connectivity index is 0.912. The van der Waals surface area contributed by atoms with E-state index in [1.807, 2.05) is 24.3 Å². The molecule has 292 valence electrons. The van der Waals surface area contributed by atoms with Gasteiger partial charge in [0.15, 0.2) is 17.5 Å². The number of nitrogens with zero attached hydrogens (tertiary/aromatic N) is 3. The van der Waals surface area contributed by atoms with Crippen molar-refractivity contribution in [3.8, 4) is 56.4 Å². The molecule has 0 atom stereocenters. The molecule has 0 radical (unpaired) electrons. The Kier molecular flexibility index (Phi) is 7.21. The Hall–Kier alpha value is -8.19. The summed E-state index contributed by atoms with van der Waals surface area (Å²) < 4.78 is 15.2. The number of hydrogen-bond acceptors (Lipinski definition) is 6. The Morgan fingerprint density at radius 2 is 0.889 bits per heavy atom.